The highest BCUT2D eigenvalue weighted by molar-refractivity contribution is 7.99. The molecular weight excluding hydrogens is 250 g/mol. The Kier molecular flexibility index (Phi) is 6.52. The van der Waals surface area contributed by atoms with E-state index >= 15 is 0 Å². The topological polar surface area (TPSA) is 29.1 Å². The van der Waals surface area contributed by atoms with Gasteiger partial charge in [0.05, 0.1) is 0 Å². The van der Waals surface area contributed by atoms with Crippen LogP contribution in [0.5, 0.6) is 0 Å². The highest BCUT2D eigenvalue weighted by atomic mass is 32.2. The first-order valence-electron chi connectivity index (χ1n) is 5.81. The first-order chi connectivity index (χ1) is 8.13. The Morgan fingerprint density at radius 2 is 2.29 bits per heavy atom. The van der Waals surface area contributed by atoms with Crippen molar-refractivity contribution in [3.63, 3.8) is 0 Å². The van der Waals surface area contributed by atoms with Crippen LogP contribution in [0.2, 0.25) is 0 Å². The molecule has 0 aliphatic carbocycles. The fraction of sp³-hybridized carbons (Fsp3) is 0.462. The Morgan fingerprint density at radius 1 is 1.53 bits per heavy atom. The van der Waals surface area contributed by atoms with Crippen molar-refractivity contribution in [3.8, 4) is 0 Å². The van der Waals surface area contributed by atoms with E-state index in [0.717, 1.165) is 22.8 Å². The predicted molar refractivity (Wildman–Crippen MR) is 78.2 cm³/mol. The zero-order valence-corrected chi connectivity index (χ0v) is 12.0. The monoisotopic (exact) mass is 269 g/mol. The number of carbonyl (C=O) groups excluding carboxylic acids is 1. The van der Waals surface area contributed by atoms with Crippen molar-refractivity contribution < 1.29 is 4.79 Å². The molecule has 2 nitrogen and oxygen atoms in total. The Balaban J connectivity index is 2.43. The van der Waals surface area contributed by atoms with Gasteiger partial charge in [-0.3, -0.25) is 4.79 Å². The number of thiol groups is 1. The molecule has 1 aromatic rings. The lowest BCUT2D eigenvalue weighted by molar-refractivity contribution is 0.0939. The van der Waals surface area contributed by atoms with Gasteiger partial charge in [-0.1, -0.05) is 13.0 Å². The van der Waals surface area contributed by atoms with Crippen LogP contribution in [0.25, 0.3) is 0 Å². The summed E-state index contributed by atoms with van der Waals surface area (Å²) in [7, 11) is 0. The average molecular weight is 269 g/mol. The summed E-state index contributed by atoms with van der Waals surface area (Å²) in [6, 6.07) is 7.51. The lowest BCUT2D eigenvalue weighted by atomic mass is 10.2. The molecule has 0 bridgehead atoms. The maximum atomic E-state index is 11.9. The molecule has 1 amide bonds. The summed E-state index contributed by atoms with van der Waals surface area (Å²) >= 11 is 6.12. The quantitative estimate of drug-likeness (QED) is 0.613. The molecule has 1 atom stereocenters. The van der Waals surface area contributed by atoms with Crippen LogP contribution >= 0.6 is 24.4 Å². The van der Waals surface area contributed by atoms with Gasteiger partial charge < -0.3 is 5.32 Å². The Hall–Kier alpha value is -0.610. The van der Waals surface area contributed by atoms with Gasteiger partial charge in [0.15, 0.2) is 0 Å². The normalized spacial score (nSPS) is 12.2. The average Bonchev–Trinajstić information content (AvgIpc) is 2.29. The van der Waals surface area contributed by atoms with E-state index in [1.54, 1.807) is 6.07 Å². The molecule has 0 heterocycles. The number of benzene rings is 1. The van der Waals surface area contributed by atoms with Crippen molar-refractivity contribution in [2.24, 2.45) is 0 Å². The Labute approximate surface area is 113 Å². The van der Waals surface area contributed by atoms with E-state index in [2.05, 4.69) is 24.9 Å². The number of hydrogen-bond donors (Lipinski definition) is 2. The molecule has 1 unspecified atom stereocenters. The van der Waals surface area contributed by atoms with E-state index in [1.807, 2.05) is 36.9 Å². The smallest absolute Gasteiger partial charge is 0.251 e. The molecule has 0 saturated carbocycles. The molecule has 94 valence electrons. The van der Waals surface area contributed by atoms with Crippen molar-refractivity contribution in [1.29, 1.82) is 0 Å². The van der Waals surface area contributed by atoms with Gasteiger partial charge in [-0.2, -0.15) is 11.8 Å². The Morgan fingerprint density at radius 3 is 2.94 bits per heavy atom. The van der Waals surface area contributed by atoms with Crippen molar-refractivity contribution in [3.05, 3.63) is 29.8 Å². The van der Waals surface area contributed by atoms with Crippen LogP contribution in [0, 0.1) is 0 Å². The molecule has 0 radical (unpaired) electrons. The summed E-state index contributed by atoms with van der Waals surface area (Å²) in [6.45, 7) is 4.19. The fourth-order valence-electron chi connectivity index (χ4n) is 1.43. The lowest BCUT2D eigenvalue weighted by Crippen LogP contribution is -2.32. The van der Waals surface area contributed by atoms with Crippen molar-refractivity contribution in [2.45, 2.75) is 31.2 Å². The van der Waals surface area contributed by atoms with E-state index in [4.69, 9.17) is 0 Å². The third-order valence-electron chi connectivity index (χ3n) is 2.39. The molecule has 0 fully saturated rings. The van der Waals surface area contributed by atoms with Gasteiger partial charge in [-0.25, -0.2) is 0 Å². The van der Waals surface area contributed by atoms with Crippen molar-refractivity contribution >= 4 is 30.3 Å². The number of hydrogen-bond acceptors (Lipinski definition) is 3. The van der Waals surface area contributed by atoms with Crippen LogP contribution in [0.1, 0.15) is 30.6 Å². The van der Waals surface area contributed by atoms with Gasteiger partial charge >= 0.3 is 0 Å². The van der Waals surface area contributed by atoms with Gasteiger partial charge in [0.2, 0.25) is 0 Å². The highest BCUT2D eigenvalue weighted by Crippen LogP contribution is 2.09. The van der Waals surface area contributed by atoms with Crippen LogP contribution < -0.4 is 5.32 Å². The maximum absolute atomic E-state index is 11.9. The third-order valence-corrected chi connectivity index (χ3v) is 3.60. The Bertz CT molecular complexity index is 368. The molecule has 4 heteroatoms. The van der Waals surface area contributed by atoms with E-state index in [9.17, 15) is 4.79 Å². The van der Waals surface area contributed by atoms with Crippen molar-refractivity contribution in [1.82, 2.24) is 5.32 Å². The predicted octanol–water partition coefficient (Wildman–Crippen LogP) is 3.24. The molecule has 0 aromatic heterocycles. The second kappa shape index (κ2) is 7.67. The molecule has 1 rings (SSSR count). The number of carbonyl (C=O) groups is 1. The van der Waals surface area contributed by atoms with Crippen LogP contribution in [0.4, 0.5) is 0 Å². The van der Waals surface area contributed by atoms with Gasteiger partial charge in [0.25, 0.3) is 5.91 Å². The summed E-state index contributed by atoms with van der Waals surface area (Å²) in [5, 5.41) is 3.00. The fourth-order valence-corrected chi connectivity index (χ4v) is 2.46. The minimum absolute atomic E-state index is 0.0186. The molecule has 17 heavy (non-hydrogen) atoms. The van der Waals surface area contributed by atoms with Gasteiger partial charge in [-0.05, 0) is 43.0 Å². The standard InChI is InChI=1S/C13H19NOS2/c1-3-17-8-7-10(2)14-13(15)11-5-4-6-12(16)9-11/h4-6,9-10,16H,3,7-8H2,1-2H3,(H,14,15). The van der Waals surface area contributed by atoms with E-state index in [1.165, 1.54) is 0 Å². The van der Waals surface area contributed by atoms with Crippen LogP contribution in [0.3, 0.4) is 0 Å². The third kappa shape index (κ3) is 5.50. The second-order valence-electron chi connectivity index (χ2n) is 3.91. The van der Waals surface area contributed by atoms with Crippen LogP contribution in [-0.2, 0) is 0 Å². The largest absolute Gasteiger partial charge is 0.350 e. The van der Waals surface area contributed by atoms with Gasteiger partial charge in [0.1, 0.15) is 0 Å². The molecule has 0 spiro atoms. The van der Waals surface area contributed by atoms with E-state index in [0.29, 0.717) is 5.56 Å². The van der Waals surface area contributed by atoms with Gasteiger partial charge in [-0.15, -0.1) is 12.6 Å². The summed E-state index contributed by atoms with van der Waals surface area (Å²) in [5.74, 6) is 2.20. The zero-order valence-electron chi connectivity index (χ0n) is 10.3. The number of rotatable bonds is 6. The molecule has 0 aliphatic heterocycles. The van der Waals surface area contributed by atoms with Crippen molar-refractivity contribution in [2.75, 3.05) is 11.5 Å². The molecule has 1 aromatic carbocycles. The van der Waals surface area contributed by atoms with Gasteiger partial charge in [0, 0.05) is 16.5 Å². The zero-order chi connectivity index (χ0) is 12.7. The lowest BCUT2D eigenvalue weighted by Gasteiger charge is -2.13. The molecule has 1 N–H and O–H groups in total. The maximum Gasteiger partial charge on any atom is 0.251 e. The van der Waals surface area contributed by atoms with E-state index < -0.39 is 0 Å². The minimum atomic E-state index is -0.0186. The summed E-state index contributed by atoms with van der Waals surface area (Å²) in [6.07, 6.45) is 1.00. The highest BCUT2D eigenvalue weighted by Gasteiger charge is 2.09. The van der Waals surface area contributed by atoms with Crippen LogP contribution in [0.15, 0.2) is 29.2 Å². The first kappa shape index (κ1) is 14.5. The molecule has 0 aliphatic rings. The van der Waals surface area contributed by atoms with E-state index in [-0.39, 0.29) is 11.9 Å². The second-order valence-corrected chi connectivity index (χ2v) is 5.82. The SMILES string of the molecule is CCSCCC(C)NC(=O)c1cccc(S)c1. The number of amides is 1. The molecule has 0 saturated heterocycles. The first-order valence-corrected chi connectivity index (χ1v) is 7.41. The van der Waals surface area contributed by atoms with Crippen LogP contribution in [-0.4, -0.2) is 23.5 Å². The minimum Gasteiger partial charge on any atom is -0.350 e. The number of nitrogens with one attached hydrogen (secondary N) is 1. The summed E-state index contributed by atoms with van der Waals surface area (Å²) in [4.78, 5) is 12.7. The summed E-state index contributed by atoms with van der Waals surface area (Å²) < 4.78 is 0. The summed E-state index contributed by atoms with van der Waals surface area (Å²) in [5.41, 5.74) is 0.674. The molecular formula is C13H19NOS2. The number of thioether (sulfide) groups is 1.